The molecule has 1 aliphatic rings. The van der Waals surface area contributed by atoms with Crippen molar-refractivity contribution in [2.45, 2.75) is 6.17 Å². The number of para-hydroxylation sites is 4. The van der Waals surface area contributed by atoms with Crippen molar-refractivity contribution in [1.29, 1.82) is 0 Å². The van der Waals surface area contributed by atoms with Crippen LogP contribution in [-0.4, -0.2) is 9.55 Å². The van der Waals surface area contributed by atoms with Crippen LogP contribution in [0.1, 0.15) is 11.7 Å². The Labute approximate surface area is 399 Å². The number of aromatic nitrogens is 2. The van der Waals surface area contributed by atoms with Gasteiger partial charge in [0.15, 0.2) is 0 Å². The van der Waals surface area contributed by atoms with Crippen LogP contribution in [0.25, 0.3) is 70.5 Å². The third-order valence-corrected chi connectivity index (χ3v) is 14.3. The summed E-state index contributed by atoms with van der Waals surface area (Å²) in [6, 6.07) is 89.4. The van der Waals surface area contributed by atoms with Crippen molar-refractivity contribution >= 4 is 76.7 Å². The van der Waals surface area contributed by atoms with Crippen LogP contribution in [0.15, 0.2) is 249 Å². The number of imidazole rings is 1. The second-order valence-electron chi connectivity index (χ2n) is 17.3. The van der Waals surface area contributed by atoms with Gasteiger partial charge in [0.25, 0.3) is 0 Å². The molecule has 1 atom stereocenters. The normalized spacial score (nSPS) is 13.2. The number of nitrogens with one attached hydrogen (secondary N) is 1. The lowest BCUT2D eigenvalue weighted by Gasteiger charge is -2.28. The maximum atomic E-state index is 5.10. The molecule has 68 heavy (non-hydrogen) atoms. The lowest BCUT2D eigenvalue weighted by atomic mass is 10.0. The highest BCUT2D eigenvalue weighted by atomic mass is 32.1. The number of rotatable bonds is 9. The summed E-state index contributed by atoms with van der Waals surface area (Å²) in [6.07, 6.45) is -0.0158. The number of hydrogen-bond acceptors (Lipinski definition) is 5. The zero-order chi connectivity index (χ0) is 45.0. The van der Waals surface area contributed by atoms with E-state index in [9.17, 15) is 0 Å². The van der Waals surface area contributed by atoms with Crippen LogP contribution in [0.5, 0.6) is 0 Å². The maximum Gasteiger partial charge on any atom is 0.145 e. The van der Waals surface area contributed by atoms with Gasteiger partial charge >= 0.3 is 0 Å². The molecule has 2 aromatic heterocycles. The molecule has 0 spiro atoms. The minimum absolute atomic E-state index is 0.0158. The zero-order valence-electron chi connectivity index (χ0n) is 36.9. The van der Waals surface area contributed by atoms with Crippen LogP contribution >= 0.6 is 11.3 Å². The van der Waals surface area contributed by atoms with Crippen molar-refractivity contribution in [2.24, 2.45) is 0 Å². The molecule has 1 aliphatic heterocycles. The molecule has 13 rings (SSSR count). The summed E-state index contributed by atoms with van der Waals surface area (Å²) in [5, 5.41) is 6.36. The minimum Gasteiger partial charge on any atom is -0.359 e. The van der Waals surface area contributed by atoms with Crippen LogP contribution in [-0.2, 0) is 0 Å². The van der Waals surface area contributed by atoms with E-state index in [-0.39, 0.29) is 6.17 Å². The van der Waals surface area contributed by atoms with E-state index in [1.807, 2.05) is 17.4 Å². The second kappa shape index (κ2) is 16.6. The Balaban J connectivity index is 0.865. The standard InChI is InChI=1S/C62H43N5S/c1-3-15-44(16-4-1)61-63-55-24-8-10-26-57(55)66(61)50-21-13-19-46(39-50)42-29-33-48(34-30-42)65(52-37-38-54-53-23-7-12-28-59(53)68-60(54)41-52)49-35-31-43(32-36-49)47-20-14-22-51(40-47)67-58-27-11-9-25-56(58)64-62(67)45-17-5-2-6-18-45/h1-41,61,63H. The van der Waals surface area contributed by atoms with Crippen molar-refractivity contribution in [1.82, 2.24) is 9.55 Å². The molecular weight excluding hydrogens is 847 g/mol. The van der Waals surface area contributed by atoms with E-state index < -0.39 is 0 Å². The fourth-order valence-electron chi connectivity index (χ4n) is 9.95. The van der Waals surface area contributed by atoms with E-state index in [1.165, 1.54) is 31.4 Å². The third kappa shape index (κ3) is 6.98. The molecule has 3 heterocycles. The second-order valence-corrected chi connectivity index (χ2v) is 18.4. The maximum absolute atomic E-state index is 5.10. The van der Waals surface area contributed by atoms with Crippen molar-refractivity contribution in [3.05, 3.63) is 254 Å². The van der Waals surface area contributed by atoms with E-state index in [2.05, 4.69) is 262 Å². The predicted octanol–water partition coefficient (Wildman–Crippen LogP) is 17.1. The number of nitrogens with zero attached hydrogens (tertiary/aromatic N) is 4. The summed E-state index contributed by atoms with van der Waals surface area (Å²) >= 11 is 1.85. The Bertz CT molecular complexity index is 3780. The first kappa shape index (κ1) is 39.6. The molecule has 0 amide bonds. The molecule has 0 saturated heterocycles. The largest absolute Gasteiger partial charge is 0.359 e. The molecule has 1 unspecified atom stereocenters. The number of anilines is 6. The third-order valence-electron chi connectivity index (χ3n) is 13.2. The highest BCUT2D eigenvalue weighted by Gasteiger charge is 2.31. The fourth-order valence-corrected chi connectivity index (χ4v) is 11.1. The first-order valence-electron chi connectivity index (χ1n) is 23.1. The summed E-state index contributed by atoms with van der Waals surface area (Å²) < 4.78 is 4.84. The van der Waals surface area contributed by atoms with Crippen LogP contribution in [0.3, 0.4) is 0 Å². The van der Waals surface area contributed by atoms with Gasteiger partial charge in [-0.05, 0) is 119 Å². The molecule has 10 aromatic carbocycles. The number of fused-ring (bicyclic) bond motifs is 5. The van der Waals surface area contributed by atoms with Crippen molar-refractivity contribution in [2.75, 3.05) is 15.1 Å². The van der Waals surface area contributed by atoms with Crippen LogP contribution < -0.4 is 15.1 Å². The Hall–Kier alpha value is -8.71. The van der Waals surface area contributed by atoms with Gasteiger partial charge in [-0.25, -0.2) is 4.98 Å². The molecule has 5 nitrogen and oxygen atoms in total. The average molecular weight is 890 g/mol. The summed E-state index contributed by atoms with van der Waals surface area (Å²) in [7, 11) is 0. The van der Waals surface area contributed by atoms with Crippen molar-refractivity contribution in [3.63, 3.8) is 0 Å². The highest BCUT2D eigenvalue weighted by molar-refractivity contribution is 7.25. The Morgan fingerprint density at radius 1 is 0.426 bits per heavy atom. The van der Waals surface area contributed by atoms with Gasteiger partial charge in [0.05, 0.1) is 22.4 Å². The molecule has 0 radical (unpaired) electrons. The van der Waals surface area contributed by atoms with Gasteiger partial charge in [-0.3, -0.25) is 4.57 Å². The van der Waals surface area contributed by atoms with E-state index >= 15 is 0 Å². The number of benzene rings is 10. The van der Waals surface area contributed by atoms with Gasteiger partial charge in [-0.15, -0.1) is 11.3 Å². The molecule has 0 aliphatic carbocycles. The van der Waals surface area contributed by atoms with Crippen molar-refractivity contribution < 1.29 is 0 Å². The zero-order valence-corrected chi connectivity index (χ0v) is 37.8. The predicted molar refractivity (Wildman–Crippen MR) is 286 cm³/mol. The van der Waals surface area contributed by atoms with E-state index in [1.54, 1.807) is 0 Å². The molecule has 322 valence electrons. The number of thiophene rings is 1. The molecule has 0 saturated carbocycles. The first-order chi connectivity index (χ1) is 33.7. The Kier molecular flexibility index (Phi) is 9.69. The SMILES string of the molecule is c1ccc(-c2nc3ccccc3n2-c2cccc(-c3ccc(N(c4ccc(-c5cccc(N6c7ccccc7NC6c6ccccc6)c5)cc4)c4ccc5c(c4)sc4ccccc45)cc3)c2)cc1. The van der Waals surface area contributed by atoms with Gasteiger partial charge in [-0.2, -0.15) is 0 Å². The summed E-state index contributed by atoms with van der Waals surface area (Å²) in [4.78, 5) is 9.89. The Morgan fingerprint density at radius 3 is 1.78 bits per heavy atom. The lowest BCUT2D eigenvalue weighted by molar-refractivity contribution is 0.828. The van der Waals surface area contributed by atoms with E-state index in [4.69, 9.17) is 4.98 Å². The van der Waals surface area contributed by atoms with Crippen LogP contribution in [0.4, 0.5) is 34.1 Å². The first-order valence-corrected chi connectivity index (χ1v) is 23.9. The lowest BCUT2D eigenvalue weighted by Crippen LogP contribution is -2.23. The number of hydrogen-bond donors (Lipinski definition) is 1. The fraction of sp³-hybridized carbons (Fsp3) is 0.0161. The topological polar surface area (TPSA) is 36.3 Å². The molecule has 6 heteroatoms. The minimum atomic E-state index is -0.0158. The summed E-state index contributed by atoms with van der Waals surface area (Å²) in [5.41, 5.74) is 16.7. The van der Waals surface area contributed by atoms with Crippen LogP contribution in [0.2, 0.25) is 0 Å². The molecular formula is C62H43N5S. The molecule has 0 fully saturated rings. The van der Waals surface area contributed by atoms with Gasteiger partial charge < -0.3 is 15.1 Å². The Morgan fingerprint density at radius 2 is 1.01 bits per heavy atom. The molecule has 1 N–H and O–H groups in total. The highest BCUT2D eigenvalue weighted by Crippen LogP contribution is 2.47. The monoisotopic (exact) mass is 889 g/mol. The van der Waals surface area contributed by atoms with Gasteiger partial charge in [-0.1, -0.05) is 158 Å². The van der Waals surface area contributed by atoms with Gasteiger partial charge in [0.2, 0.25) is 0 Å². The van der Waals surface area contributed by atoms with Gasteiger partial charge in [0.1, 0.15) is 12.0 Å². The van der Waals surface area contributed by atoms with E-state index in [0.29, 0.717) is 0 Å². The summed E-state index contributed by atoms with van der Waals surface area (Å²) in [5.74, 6) is 0.927. The van der Waals surface area contributed by atoms with E-state index in [0.717, 1.165) is 78.8 Å². The smallest absolute Gasteiger partial charge is 0.145 e. The quantitative estimate of drug-likeness (QED) is 0.157. The summed E-state index contributed by atoms with van der Waals surface area (Å²) in [6.45, 7) is 0. The van der Waals surface area contributed by atoms with Crippen LogP contribution in [0, 0.1) is 0 Å². The average Bonchev–Trinajstić information content (AvgIpc) is 4.12. The van der Waals surface area contributed by atoms with Crippen molar-refractivity contribution in [3.8, 4) is 39.3 Å². The van der Waals surface area contributed by atoms with Gasteiger partial charge in [0, 0.05) is 54.2 Å². The molecule has 12 aromatic rings. The molecule has 0 bridgehead atoms.